The minimum Gasteiger partial charge on any atom is -0.353 e. The Morgan fingerprint density at radius 1 is 1.29 bits per heavy atom. The molecular formula is C16H18BrN3O. The number of aryl methyl sites for hydroxylation is 1. The number of hydrogen-bond donors (Lipinski definition) is 2. The molecule has 0 spiro atoms. The predicted octanol–water partition coefficient (Wildman–Crippen LogP) is 4.04. The number of pyridine rings is 1. The fourth-order valence-electron chi connectivity index (χ4n) is 1.81. The Morgan fingerprint density at radius 3 is 2.71 bits per heavy atom. The van der Waals surface area contributed by atoms with Gasteiger partial charge in [0.05, 0.1) is 17.6 Å². The number of benzene rings is 1. The minimum absolute atomic E-state index is 0.139. The van der Waals surface area contributed by atoms with Crippen molar-refractivity contribution in [3.8, 4) is 0 Å². The predicted molar refractivity (Wildman–Crippen MR) is 89.0 cm³/mol. The highest BCUT2D eigenvalue weighted by atomic mass is 79.9. The number of anilines is 2. The van der Waals surface area contributed by atoms with Crippen molar-refractivity contribution in [3.63, 3.8) is 0 Å². The van der Waals surface area contributed by atoms with E-state index in [2.05, 4.69) is 31.5 Å². The number of carbonyl (C=O) groups is 1. The van der Waals surface area contributed by atoms with Crippen LogP contribution in [0.2, 0.25) is 0 Å². The number of carbonyl (C=O) groups excluding carboxylic acids is 1. The maximum atomic E-state index is 11.8. The molecule has 0 bridgehead atoms. The van der Waals surface area contributed by atoms with Crippen LogP contribution in [0.1, 0.15) is 29.4 Å². The average Bonchev–Trinajstić information content (AvgIpc) is 2.48. The first-order valence-corrected chi connectivity index (χ1v) is 7.67. The summed E-state index contributed by atoms with van der Waals surface area (Å²) in [5, 5.41) is 6.07. The van der Waals surface area contributed by atoms with Crippen LogP contribution in [0.5, 0.6) is 0 Å². The van der Waals surface area contributed by atoms with Gasteiger partial charge in [0.2, 0.25) is 0 Å². The van der Waals surface area contributed by atoms with E-state index in [0.717, 1.165) is 22.3 Å². The smallest absolute Gasteiger partial charge is 0.269 e. The normalized spacial score (nSPS) is 10.2. The maximum Gasteiger partial charge on any atom is 0.269 e. The molecule has 0 unspecified atom stereocenters. The van der Waals surface area contributed by atoms with Crippen LogP contribution < -0.4 is 10.6 Å². The second kappa shape index (κ2) is 7.22. The molecule has 0 aliphatic heterocycles. The summed E-state index contributed by atoms with van der Waals surface area (Å²) in [4.78, 5) is 15.9. The number of amides is 1. The number of nitrogens with zero attached hydrogens (tertiary/aromatic N) is 1. The number of rotatable bonds is 5. The molecule has 1 aromatic heterocycles. The summed E-state index contributed by atoms with van der Waals surface area (Å²) in [7, 11) is 0. The van der Waals surface area contributed by atoms with Gasteiger partial charge in [-0.05, 0) is 59.1 Å². The molecule has 2 aromatic rings. The van der Waals surface area contributed by atoms with Gasteiger partial charge in [-0.15, -0.1) is 0 Å². The molecule has 0 radical (unpaired) electrons. The van der Waals surface area contributed by atoms with Crippen LogP contribution in [0.3, 0.4) is 0 Å². The third-order valence-corrected chi connectivity index (χ3v) is 3.59. The van der Waals surface area contributed by atoms with Crippen LogP contribution in [0.15, 0.2) is 41.0 Å². The lowest BCUT2D eigenvalue weighted by Crippen LogP contribution is -2.24. The fraction of sp³-hybridized carbons (Fsp3) is 0.250. The monoisotopic (exact) mass is 347 g/mol. The first kappa shape index (κ1) is 15.5. The van der Waals surface area contributed by atoms with Crippen LogP contribution in [-0.4, -0.2) is 17.4 Å². The molecule has 5 heteroatoms. The first-order chi connectivity index (χ1) is 10.1. The van der Waals surface area contributed by atoms with Gasteiger partial charge in [0.25, 0.3) is 5.91 Å². The van der Waals surface area contributed by atoms with Crippen LogP contribution >= 0.6 is 15.9 Å². The molecule has 0 saturated heterocycles. The topological polar surface area (TPSA) is 54.0 Å². The van der Waals surface area contributed by atoms with Gasteiger partial charge in [-0.25, -0.2) is 4.98 Å². The molecule has 4 nitrogen and oxygen atoms in total. The van der Waals surface area contributed by atoms with Crippen LogP contribution in [0, 0.1) is 6.92 Å². The Morgan fingerprint density at radius 2 is 2.10 bits per heavy atom. The van der Waals surface area contributed by atoms with Crippen molar-refractivity contribution in [2.45, 2.75) is 20.3 Å². The summed E-state index contributed by atoms with van der Waals surface area (Å²) in [6.07, 6.45) is 2.57. The molecule has 21 heavy (non-hydrogen) atoms. The maximum absolute atomic E-state index is 11.8. The zero-order valence-electron chi connectivity index (χ0n) is 12.1. The first-order valence-electron chi connectivity index (χ1n) is 6.87. The van der Waals surface area contributed by atoms with E-state index in [1.54, 1.807) is 12.3 Å². The van der Waals surface area contributed by atoms with E-state index in [-0.39, 0.29) is 5.91 Å². The molecule has 0 aliphatic carbocycles. The van der Waals surface area contributed by atoms with Crippen molar-refractivity contribution >= 4 is 33.2 Å². The van der Waals surface area contributed by atoms with Gasteiger partial charge in [0.15, 0.2) is 0 Å². The fourth-order valence-corrected chi connectivity index (χ4v) is 2.40. The van der Waals surface area contributed by atoms with Crippen LogP contribution in [0.25, 0.3) is 0 Å². The van der Waals surface area contributed by atoms with Gasteiger partial charge in [-0.1, -0.05) is 13.0 Å². The van der Waals surface area contributed by atoms with Crippen molar-refractivity contribution in [3.05, 3.63) is 52.3 Å². The van der Waals surface area contributed by atoms with E-state index >= 15 is 0 Å². The van der Waals surface area contributed by atoms with Gasteiger partial charge >= 0.3 is 0 Å². The highest BCUT2D eigenvalue weighted by molar-refractivity contribution is 9.10. The molecule has 0 aliphatic rings. The third kappa shape index (κ3) is 4.29. The Labute approximate surface area is 133 Å². The Balaban J connectivity index is 2.07. The molecule has 0 fully saturated rings. The lowest BCUT2D eigenvalue weighted by molar-refractivity contribution is 0.0949. The number of hydrogen-bond acceptors (Lipinski definition) is 3. The van der Waals surface area contributed by atoms with Crippen LogP contribution in [0.4, 0.5) is 11.4 Å². The zero-order valence-corrected chi connectivity index (χ0v) is 13.7. The number of aromatic nitrogens is 1. The number of halogens is 1. The Bertz CT molecular complexity index is 626. The number of nitrogens with one attached hydrogen (secondary N) is 2. The minimum atomic E-state index is -0.139. The van der Waals surface area contributed by atoms with Crippen molar-refractivity contribution in [2.24, 2.45) is 0 Å². The van der Waals surface area contributed by atoms with Gasteiger partial charge in [0, 0.05) is 11.0 Å². The molecule has 1 amide bonds. The molecule has 1 heterocycles. The van der Waals surface area contributed by atoms with Crippen molar-refractivity contribution < 1.29 is 4.79 Å². The van der Waals surface area contributed by atoms with E-state index in [4.69, 9.17) is 0 Å². The van der Waals surface area contributed by atoms with Gasteiger partial charge < -0.3 is 10.6 Å². The zero-order chi connectivity index (χ0) is 15.2. The van der Waals surface area contributed by atoms with Gasteiger partial charge in [-0.3, -0.25) is 4.79 Å². The largest absolute Gasteiger partial charge is 0.353 e. The summed E-state index contributed by atoms with van der Waals surface area (Å²) >= 11 is 3.52. The van der Waals surface area contributed by atoms with E-state index < -0.39 is 0 Å². The Kier molecular flexibility index (Phi) is 5.33. The van der Waals surface area contributed by atoms with Crippen molar-refractivity contribution in [1.29, 1.82) is 0 Å². The third-order valence-electron chi connectivity index (χ3n) is 2.94. The van der Waals surface area contributed by atoms with Crippen LogP contribution in [-0.2, 0) is 0 Å². The highest BCUT2D eigenvalue weighted by Crippen LogP contribution is 2.26. The summed E-state index contributed by atoms with van der Waals surface area (Å²) < 4.78 is 0.993. The molecule has 0 saturated carbocycles. The summed E-state index contributed by atoms with van der Waals surface area (Å²) in [5.41, 5.74) is 3.42. The van der Waals surface area contributed by atoms with Crippen molar-refractivity contribution in [2.75, 3.05) is 11.9 Å². The lowest BCUT2D eigenvalue weighted by atomic mass is 10.2. The lowest BCUT2D eigenvalue weighted by Gasteiger charge is -2.09. The van der Waals surface area contributed by atoms with Crippen molar-refractivity contribution in [1.82, 2.24) is 10.3 Å². The molecular weight excluding hydrogens is 330 g/mol. The second-order valence-electron chi connectivity index (χ2n) is 4.80. The molecule has 0 atom stereocenters. The second-order valence-corrected chi connectivity index (χ2v) is 5.65. The molecule has 2 rings (SSSR count). The van der Waals surface area contributed by atoms with E-state index in [1.807, 2.05) is 38.1 Å². The van der Waals surface area contributed by atoms with E-state index in [9.17, 15) is 4.79 Å². The average molecular weight is 348 g/mol. The molecule has 1 aromatic carbocycles. The van der Waals surface area contributed by atoms with E-state index in [0.29, 0.717) is 12.2 Å². The molecule has 2 N–H and O–H groups in total. The van der Waals surface area contributed by atoms with Gasteiger partial charge in [-0.2, -0.15) is 0 Å². The van der Waals surface area contributed by atoms with Gasteiger partial charge in [0.1, 0.15) is 5.69 Å². The van der Waals surface area contributed by atoms with E-state index in [1.165, 1.54) is 5.56 Å². The molecule has 110 valence electrons. The highest BCUT2D eigenvalue weighted by Gasteiger charge is 2.06. The standard InChI is InChI=1S/C16H18BrN3O/c1-3-8-18-16(21)15-7-5-12(10-19-15)20-14-6-4-11(2)9-13(14)17/h4-7,9-10,20H,3,8H2,1-2H3,(H,18,21). The quantitative estimate of drug-likeness (QED) is 0.858. The Hall–Kier alpha value is -1.88. The summed E-state index contributed by atoms with van der Waals surface area (Å²) in [6.45, 7) is 4.72. The summed E-state index contributed by atoms with van der Waals surface area (Å²) in [6, 6.07) is 9.65. The summed E-state index contributed by atoms with van der Waals surface area (Å²) in [5.74, 6) is -0.139. The SMILES string of the molecule is CCCNC(=O)c1ccc(Nc2ccc(C)cc2Br)cn1.